The number of ether oxygens (including phenoxy) is 2. The highest BCUT2D eigenvalue weighted by Gasteiger charge is 2.50. The number of aliphatic imine (C=N–C) groups is 1. The molecular formula is C35H33F3N4O5. The van der Waals surface area contributed by atoms with Gasteiger partial charge in [0, 0.05) is 6.54 Å². The van der Waals surface area contributed by atoms with Crippen LogP contribution in [0.5, 0.6) is 0 Å². The maximum absolute atomic E-state index is 14.1. The monoisotopic (exact) mass is 646 g/mol. The number of nitrogens with one attached hydrogen (secondary N) is 1. The van der Waals surface area contributed by atoms with Crippen molar-refractivity contribution in [2.75, 3.05) is 11.9 Å². The van der Waals surface area contributed by atoms with Gasteiger partial charge in [0.05, 0.1) is 18.2 Å². The predicted molar refractivity (Wildman–Crippen MR) is 167 cm³/mol. The summed E-state index contributed by atoms with van der Waals surface area (Å²) in [4.78, 5) is 48.6. The molecule has 0 amide bonds. The molecule has 244 valence electrons. The predicted octanol–water partition coefficient (Wildman–Crippen LogP) is 6.42. The molecule has 1 aromatic heterocycles. The summed E-state index contributed by atoms with van der Waals surface area (Å²) in [7, 11) is 0. The number of carbonyl (C=O) groups excluding carboxylic acids is 3. The molecule has 0 saturated heterocycles. The number of carbonyl (C=O) groups is 3. The topological polar surface area (TPSA) is 112 Å². The lowest BCUT2D eigenvalue weighted by Gasteiger charge is -2.31. The molecule has 0 fully saturated rings. The van der Waals surface area contributed by atoms with Gasteiger partial charge in [0.25, 0.3) is 0 Å². The minimum Gasteiger partial charge on any atom is -0.460 e. The fourth-order valence-corrected chi connectivity index (χ4v) is 5.45. The maximum Gasteiger partial charge on any atom is 0.416 e. The highest BCUT2D eigenvalue weighted by Crippen LogP contribution is 2.39. The second-order valence-corrected chi connectivity index (χ2v) is 11.2. The van der Waals surface area contributed by atoms with E-state index in [0.717, 1.165) is 6.07 Å². The summed E-state index contributed by atoms with van der Waals surface area (Å²) < 4.78 is 55.5. The van der Waals surface area contributed by atoms with Gasteiger partial charge in [-0.2, -0.15) is 13.2 Å². The van der Waals surface area contributed by atoms with E-state index in [0.29, 0.717) is 29.9 Å². The van der Waals surface area contributed by atoms with Crippen LogP contribution < -0.4 is 5.32 Å². The summed E-state index contributed by atoms with van der Waals surface area (Å²) in [5.41, 5.74) is -1.74. The standard InChI is InChI=1S/C35H33F3N4O5/c36-35(37,38)28-16-8-7-15-27(28)19-34(32(44)46-21-25-11-3-1-4-12-25,33(45)47-22-26-13-5-2-6-14-26)17-9-10-18-42-24-41-30-29(43)20-39-23-40-31(30)42/h1-8,11-16,23-24H,9-10,17-22H2,(H,39,40). The second-order valence-electron chi connectivity index (χ2n) is 11.2. The lowest BCUT2D eigenvalue weighted by atomic mass is 9.76. The molecule has 0 radical (unpaired) electrons. The summed E-state index contributed by atoms with van der Waals surface area (Å²) in [6, 6.07) is 22.4. The lowest BCUT2D eigenvalue weighted by molar-refractivity contribution is -0.175. The molecule has 3 aromatic carbocycles. The first-order valence-electron chi connectivity index (χ1n) is 15.1. The third-order valence-corrected chi connectivity index (χ3v) is 7.90. The SMILES string of the molecule is O=C1CN=CNc2c1ncn2CCCCC(Cc1ccccc1C(F)(F)F)(C(=O)OCc1ccccc1)C(=O)OCc1ccccc1. The molecule has 5 rings (SSSR count). The van der Waals surface area contributed by atoms with Gasteiger partial charge in [-0.1, -0.05) is 78.9 Å². The van der Waals surface area contributed by atoms with E-state index < -0.39 is 35.5 Å². The van der Waals surface area contributed by atoms with E-state index in [1.54, 1.807) is 65.2 Å². The van der Waals surface area contributed by atoms with Crippen molar-refractivity contribution in [3.05, 3.63) is 119 Å². The van der Waals surface area contributed by atoms with Crippen LogP contribution in [0.4, 0.5) is 19.0 Å². The minimum absolute atomic E-state index is 0.0326. The smallest absolute Gasteiger partial charge is 0.416 e. The van der Waals surface area contributed by atoms with Crippen molar-refractivity contribution in [2.45, 2.75) is 51.6 Å². The van der Waals surface area contributed by atoms with Gasteiger partial charge >= 0.3 is 18.1 Å². The Bertz CT molecular complexity index is 1670. The Labute approximate surface area is 269 Å². The van der Waals surface area contributed by atoms with Crippen LogP contribution in [-0.2, 0) is 51.4 Å². The van der Waals surface area contributed by atoms with Crippen LogP contribution in [0.15, 0.2) is 96.2 Å². The number of rotatable bonds is 13. The zero-order valence-electron chi connectivity index (χ0n) is 25.4. The minimum atomic E-state index is -4.73. The molecule has 0 spiro atoms. The number of hydrogen-bond acceptors (Lipinski definition) is 8. The molecule has 1 N–H and O–H groups in total. The Hall–Kier alpha value is -5.26. The number of ketones is 1. The first-order valence-corrected chi connectivity index (χ1v) is 15.1. The van der Waals surface area contributed by atoms with Crippen molar-refractivity contribution >= 4 is 29.9 Å². The normalized spacial score (nSPS) is 13.0. The van der Waals surface area contributed by atoms with Gasteiger partial charge in [0.1, 0.15) is 25.6 Å². The summed E-state index contributed by atoms with van der Waals surface area (Å²) >= 11 is 0. The van der Waals surface area contributed by atoms with E-state index in [-0.39, 0.29) is 49.6 Å². The van der Waals surface area contributed by atoms with Crippen molar-refractivity contribution in [3.8, 4) is 0 Å². The average Bonchev–Trinajstić information content (AvgIpc) is 3.39. The average molecular weight is 647 g/mol. The van der Waals surface area contributed by atoms with Gasteiger partial charge in [0.2, 0.25) is 5.78 Å². The maximum atomic E-state index is 14.1. The van der Waals surface area contributed by atoms with Gasteiger partial charge in [-0.15, -0.1) is 0 Å². The third-order valence-electron chi connectivity index (χ3n) is 7.90. The summed E-state index contributed by atoms with van der Waals surface area (Å²) in [5, 5.41) is 2.95. The van der Waals surface area contributed by atoms with Crippen molar-refractivity contribution < 1.29 is 37.0 Å². The molecule has 47 heavy (non-hydrogen) atoms. The molecule has 12 heteroatoms. The first kappa shape index (κ1) is 33.1. The first-order chi connectivity index (χ1) is 22.7. The zero-order chi connectivity index (χ0) is 33.3. The van der Waals surface area contributed by atoms with Crippen LogP contribution in [0.1, 0.15) is 52.0 Å². The summed E-state index contributed by atoms with van der Waals surface area (Å²) in [6.45, 7) is -0.0631. The van der Waals surface area contributed by atoms with Crippen LogP contribution in [-0.4, -0.2) is 40.2 Å². The van der Waals surface area contributed by atoms with E-state index in [9.17, 15) is 27.6 Å². The molecule has 9 nitrogen and oxygen atoms in total. The number of aromatic nitrogens is 2. The van der Waals surface area contributed by atoms with Crippen LogP contribution in [0.3, 0.4) is 0 Å². The Morgan fingerprint density at radius 1 is 0.830 bits per heavy atom. The number of unbranched alkanes of at least 4 members (excludes halogenated alkanes) is 1. The number of benzene rings is 3. The molecule has 1 aliphatic rings. The number of fused-ring (bicyclic) bond motifs is 1. The molecule has 0 aliphatic carbocycles. The van der Waals surface area contributed by atoms with Gasteiger partial charge in [-0.05, 0) is 48.4 Å². The molecule has 1 aliphatic heterocycles. The Morgan fingerprint density at radius 2 is 1.43 bits per heavy atom. The van der Waals surface area contributed by atoms with Crippen molar-refractivity contribution in [1.82, 2.24) is 9.55 Å². The van der Waals surface area contributed by atoms with E-state index in [4.69, 9.17) is 9.47 Å². The Morgan fingerprint density at radius 3 is 2.04 bits per heavy atom. The summed E-state index contributed by atoms with van der Waals surface area (Å²) in [6.07, 6.45) is -1.94. The molecular weight excluding hydrogens is 613 g/mol. The highest BCUT2D eigenvalue weighted by atomic mass is 19.4. The molecule has 2 heterocycles. The van der Waals surface area contributed by atoms with Crippen LogP contribution in [0.25, 0.3) is 0 Å². The molecule has 4 aromatic rings. The third kappa shape index (κ3) is 8.13. The zero-order valence-corrected chi connectivity index (χ0v) is 25.4. The van der Waals surface area contributed by atoms with E-state index in [1.807, 2.05) is 0 Å². The second kappa shape index (κ2) is 14.9. The number of nitrogens with zero attached hydrogens (tertiary/aromatic N) is 3. The number of alkyl halides is 3. The largest absolute Gasteiger partial charge is 0.460 e. The highest BCUT2D eigenvalue weighted by molar-refractivity contribution is 6.04. The number of aryl methyl sites for hydroxylation is 1. The van der Waals surface area contributed by atoms with Crippen molar-refractivity contribution in [3.63, 3.8) is 0 Å². The van der Waals surface area contributed by atoms with E-state index >= 15 is 0 Å². The van der Waals surface area contributed by atoms with Crippen LogP contribution in [0.2, 0.25) is 0 Å². The van der Waals surface area contributed by atoms with Gasteiger partial charge < -0.3 is 19.4 Å². The van der Waals surface area contributed by atoms with Gasteiger partial charge in [-0.3, -0.25) is 19.4 Å². The fraction of sp³-hybridized carbons (Fsp3) is 0.286. The van der Waals surface area contributed by atoms with Gasteiger partial charge in [-0.25, -0.2) is 4.98 Å². The molecule has 0 bridgehead atoms. The fourth-order valence-electron chi connectivity index (χ4n) is 5.45. The molecule has 0 unspecified atom stereocenters. The number of Topliss-reactive ketones (excluding diaryl/α,β-unsaturated/α-hetero) is 1. The number of imidazole rings is 1. The van der Waals surface area contributed by atoms with Crippen molar-refractivity contribution in [1.29, 1.82) is 0 Å². The summed E-state index contributed by atoms with van der Waals surface area (Å²) in [5.74, 6) is -1.73. The van der Waals surface area contributed by atoms with Gasteiger partial charge in [0.15, 0.2) is 11.1 Å². The van der Waals surface area contributed by atoms with Crippen molar-refractivity contribution in [2.24, 2.45) is 10.4 Å². The Kier molecular flexibility index (Phi) is 10.5. The lowest BCUT2D eigenvalue weighted by Crippen LogP contribution is -2.44. The van der Waals surface area contributed by atoms with E-state index in [2.05, 4.69) is 15.3 Å². The molecule has 0 atom stereocenters. The molecule has 0 saturated carbocycles. The number of esters is 2. The van der Waals surface area contributed by atoms with Crippen LogP contribution in [0, 0.1) is 5.41 Å². The number of anilines is 1. The number of hydrogen-bond donors (Lipinski definition) is 1. The van der Waals surface area contributed by atoms with E-state index in [1.165, 1.54) is 30.9 Å². The quantitative estimate of drug-likeness (QED) is 0.101. The van der Waals surface area contributed by atoms with Crippen LogP contribution >= 0.6 is 0 Å². The number of halogens is 3. The Balaban J connectivity index is 1.45.